The van der Waals surface area contributed by atoms with Crippen LogP contribution in [0.4, 0.5) is 0 Å². The number of ether oxygens (including phenoxy) is 5. The third kappa shape index (κ3) is 6.70. The summed E-state index contributed by atoms with van der Waals surface area (Å²) in [7, 11) is 2.56. The van der Waals surface area contributed by atoms with Crippen molar-refractivity contribution in [3.63, 3.8) is 0 Å². The first kappa shape index (κ1) is 27.1. The van der Waals surface area contributed by atoms with E-state index >= 15 is 0 Å². The Bertz CT molecular complexity index is 853. The molecular formula is C21H30N2O11. The van der Waals surface area contributed by atoms with Crippen LogP contribution in [0.1, 0.15) is 36.0 Å². The van der Waals surface area contributed by atoms with Crippen molar-refractivity contribution in [2.45, 2.75) is 56.4 Å². The highest BCUT2D eigenvalue weighted by Gasteiger charge is 2.48. The highest BCUT2D eigenvalue weighted by atomic mass is 16.7. The highest BCUT2D eigenvalue weighted by Crippen LogP contribution is 2.40. The Kier molecular flexibility index (Phi) is 9.86. The number of unbranched alkanes of at least 4 members (excludes halogenated alkanes) is 2. The molecule has 0 amide bonds. The predicted octanol–water partition coefficient (Wildman–Crippen LogP) is -0.372. The number of carbonyl (C=O) groups excluding carboxylic acids is 1. The number of hydrogen-bond acceptors (Lipinski definition) is 11. The van der Waals surface area contributed by atoms with E-state index in [1.54, 1.807) is 0 Å². The number of hydrogen-bond donors (Lipinski definition) is 6. The zero-order chi connectivity index (χ0) is 25.4. The van der Waals surface area contributed by atoms with Gasteiger partial charge in [-0.25, -0.2) is 9.59 Å². The first-order chi connectivity index (χ1) is 16.1. The third-order valence-corrected chi connectivity index (χ3v) is 5.07. The number of methoxy groups -OCH3 is 2. The number of aliphatic hydroxyl groups is 3. The molecular weight excluding hydrogens is 456 g/mol. The Labute approximate surface area is 195 Å². The summed E-state index contributed by atoms with van der Waals surface area (Å²) in [4.78, 5) is 23.8. The smallest absolute Gasteiger partial charge is 0.338 e. The second-order valence-electron chi connectivity index (χ2n) is 7.53. The molecule has 1 aliphatic rings. The van der Waals surface area contributed by atoms with Gasteiger partial charge in [-0.3, -0.25) is 5.41 Å². The van der Waals surface area contributed by atoms with Crippen molar-refractivity contribution in [3.05, 3.63) is 17.7 Å². The molecule has 1 aromatic carbocycles. The standard InChI is InChI=1S/C21H30N2O11/c1-30-11-8-10(20(29)32-7-5-3-4-6-13(22)23)9-12(31-2)17(11)33-21-16(26)14(24)15(25)18(34-21)19(27)28/h8-9,14-16,18,21,24-26H,3-7H2,1-2H3,(H3,22,23)(H,27,28)/t14-,15-,16+,18-,21+/m0/s1. The lowest BCUT2D eigenvalue weighted by Gasteiger charge is -2.38. The van der Waals surface area contributed by atoms with Crippen LogP contribution in [0.5, 0.6) is 17.2 Å². The van der Waals surface area contributed by atoms with Gasteiger partial charge in [-0.05, 0) is 31.4 Å². The fourth-order valence-electron chi connectivity index (χ4n) is 3.22. The summed E-state index contributed by atoms with van der Waals surface area (Å²) >= 11 is 0. The summed E-state index contributed by atoms with van der Waals surface area (Å²) in [6.07, 6.45) is -6.58. The number of rotatable bonds is 12. The van der Waals surface area contributed by atoms with Crippen molar-refractivity contribution >= 4 is 17.8 Å². The second kappa shape index (κ2) is 12.4. The SMILES string of the molecule is COc1cc(C(=O)OCCCCCC(=N)N)cc(OC)c1O[C@@H]1O[C@H](C(=O)O)[C@@H](O)[C@H](O)[C@H]1O. The van der Waals surface area contributed by atoms with Gasteiger partial charge in [0.2, 0.25) is 12.0 Å². The minimum Gasteiger partial charge on any atom is -0.493 e. The van der Waals surface area contributed by atoms with Gasteiger partial charge in [0.25, 0.3) is 0 Å². The number of nitrogens with one attached hydrogen (secondary N) is 1. The molecule has 0 bridgehead atoms. The first-order valence-electron chi connectivity index (χ1n) is 10.5. The van der Waals surface area contributed by atoms with Crippen LogP contribution >= 0.6 is 0 Å². The Balaban J connectivity index is 2.14. The molecule has 0 radical (unpaired) electrons. The molecule has 5 atom stereocenters. The van der Waals surface area contributed by atoms with E-state index in [0.29, 0.717) is 19.3 Å². The molecule has 0 unspecified atom stereocenters. The summed E-state index contributed by atoms with van der Waals surface area (Å²) in [6.45, 7) is 0.151. The Morgan fingerprint density at radius 1 is 1.03 bits per heavy atom. The number of benzene rings is 1. The molecule has 1 saturated heterocycles. The van der Waals surface area contributed by atoms with Crippen LogP contribution < -0.4 is 19.9 Å². The summed E-state index contributed by atoms with van der Waals surface area (Å²) in [5.74, 6) is -2.29. The maximum absolute atomic E-state index is 12.5. The van der Waals surface area contributed by atoms with Gasteiger partial charge in [0.15, 0.2) is 17.6 Å². The van der Waals surface area contributed by atoms with Gasteiger partial charge in [0.05, 0.1) is 32.2 Å². The van der Waals surface area contributed by atoms with Crippen LogP contribution in [0.25, 0.3) is 0 Å². The molecule has 13 nitrogen and oxygen atoms in total. The van der Waals surface area contributed by atoms with Crippen LogP contribution in [-0.2, 0) is 14.3 Å². The van der Waals surface area contributed by atoms with Crippen LogP contribution in [-0.4, -0.2) is 89.7 Å². The van der Waals surface area contributed by atoms with E-state index in [9.17, 15) is 30.0 Å². The fourth-order valence-corrected chi connectivity index (χ4v) is 3.22. The van der Waals surface area contributed by atoms with Gasteiger partial charge >= 0.3 is 11.9 Å². The van der Waals surface area contributed by atoms with E-state index in [-0.39, 0.29) is 35.3 Å². The maximum atomic E-state index is 12.5. The Hall–Kier alpha value is -3.13. The Morgan fingerprint density at radius 2 is 1.65 bits per heavy atom. The van der Waals surface area contributed by atoms with E-state index in [1.165, 1.54) is 26.4 Å². The molecule has 2 rings (SSSR count). The lowest BCUT2D eigenvalue weighted by atomic mass is 9.99. The first-order valence-corrected chi connectivity index (χ1v) is 10.5. The minimum absolute atomic E-state index is 0.0176. The van der Waals surface area contributed by atoms with Gasteiger partial charge in [-0.2, -0.15) is 0 Å². The zero-order valence-electron chi connectivity index (χ0n) is 18.8. The zero-order valence-corrected chi connectivity index (χ0v) is 18.8. The third-order valence-electron chi connectivity index (χ3n) is 5.07. The number of aliphatic carboxylic acids is 1. The molecule has 0 aromatic heterocycles. The van der Waals surface area contributed by atoms with Gasteiger partial charge in [-0.1, -0.05) is 0 Å². The largest absolute Gasteiger partial charge is 0.493 e. The van der Waals surface area contributed by atoms with Gasteiger partial charge in [0, 0.05) is 6.42 Å². The highest BCUT2D eigenvalue weighted by molar-refractivity contribution is 5.91. The van der Waals surface area contributed by atoms with Gasteiger partial charge in [-0.15, -0.1) is 0 Å². The molecule has 0 aliphatic carbocycles. The molecule has 34 heavy (non-hydrogen) atoms. The second-order valence-corrected chi connectivity index (χ2v) is 7.53. The molecule has 1 aromatic rings. The molecule has 1 fully saturated rings. The van der Waals surface area contributed by atoms with Crippen LogP contribution in [0.15, 0.2) is 12.1 Å². The van der Waals surface area contributed by atoms with E-state index in [2.05, 4.69) is 0 Å². The number of amidine groups is 1. The summed E-state index contributed by atoms with van der Waals surface area (Å²) in [6, 6.07) is 2.59. The predicted molar refractivity (Wildman–Crippen MR) is 115 cm³/mol. The summed E-state index contributed by atoms with van der Waals surface area (Å²) in [5, 5.41) is 46.4. The lowest BCUT2D eigenvalue weighted by Crippen LogP contribution is -2.61. The molecule has 1 aliphatic heterocycles. The number of carboxylic acid groups (broad SMARTS) is 1. The molecule has 0 saturated carbocycles. The van der Waals surface area contributed by atoms with Crippen molar-refractivity contribution in [2.24, 2.45) is 5.73 Å². The van der Waals surface area contributed by atoms with Crippen molar-refractivity contribution in [1.82, 2.24) is 0 Å². The number of esters is 1. The molecule has 0 spiro atoms. The van der Waals surface area contributed by atoms with Crippen LogP contribution in [0.2, 0.25) is 0 Å². The van der Waals surface area contributed by atoms with Gasteiger partial charge in [0.1, 0.15) is 18.3 Å². The van der Waals surface area contributed by atoms with E-state index in [0.717, 1.165) is 6.42 Å². The molecule has 190 valence electrons. The molecule has 7 N–H and O–H groups in total. The van der Waals surface area contributed by atoms with Crippen LogP contribution in [0.3, 0.4) is 0 Å². The maximum Gasteiger partial charge on any atom is 0.338 e. The number of carboxylic acids is 1. The van der Waals surface area contributed by atoms with E-state index in [4.69, 9.17) is 34.8 Å². The van der Waals surface area contributed by atoms with Crippen molar-refractivity contribution < 1.29 is 53.7 Å². The lowest BCUT2D eigenvalue weighted by molar-refractivity contribution is -0.271. The fraction of sp³-hybridized carbons (Fsp3) is 0.571. The minimum atomic E-state index is -1.88. The number of carbonyl (C=O) groups is 2. The van der Waals surface area contributed by atoms with E-state index < -0.39 is 42.6 Å². The van der Waals surface area contributed by atoms with Gasteiger partial charge < -0.3 is 49.8 Å². The number of aliphatic hydroxyl groups excluding tert-OH is 3. The topological polar surface area (TPSA) is 211 Å². The van der Waals surface area contributed by atoms with Crippen molar-refractivity contribution in [3.8, 4) is 17.2 Å². The monoisotopic (exact) mass is 486 g/mol. The van der Waals surface area contributed by atoms with Crippen molar-refractivity contribution in [2.75, 3.05) is 20.8 Å². The van der Waals surface area contributed by atoms with Crippen molar-refractivity contribution in [1.29, 1.82) is 5.41 Å². The Morgan fingerprint density at radius 3 is 2.18 bits per heavy atom. The van der Waals surface area contributed by atoms with Crippen LogP contribution in [0, 0.1) is 5.41 Å². The molecule has 1 heterocycles. The molecule has 13 heteroatoms. The normalized spacial score (nSPS) is 24.2. The average molecular weight is 486 g/mol. The van der Waals surface area contributed by atoms with E-state index in [1.807, 2.05) is 0 Å². The summed E-state index contributed by atoms with van der Waals surface area (Å²) < 4.78 is 26.4. The average Bonchev–Trinajstić information content (AvgIpc) is 2.80. The summed E-state index contributed by atoms with van der Waals surface area (Å²) in [5.41, 5.74) is 5.37. The number of nitrogens with two attached hydrogens (primary N) is 1. The quantitative estimate of drug-likeness (QED) is 0.0966.